The molecule has 2 nitrogen and oxygen atoms in total. The van der Waals surface area contributed by atoms with Gasteiger partial charge in [0.2, 0.25) is 0 Å². The van der Waals surface area contributed by atoms with Crippen molar-refractivity contribution < 1.29 is 4.39 Å². The van der Waals surface area contributed by atoms with Crippen LogP contribution >= 0.6 is 23.2 Å². The lowest BCUT2D eigenvalue weighted by molar-refractivity contribution is 0.629. The molecular weight excluding hydrogens is 286 g/mol. The van der Waals surface area contributed by atoms with E-state index in [1.54, 1.807) is 6.07 Å². The van der Waals surface area contributed by atoms with Gasteiger partial charge in [-0.05, 0) is 30.7 Å². The number of hydrogen-bond donors (Lipinski definition) is 2. The Kier molecular flexibility index (Phi) is 4.17. The highest BCUT2D eigenvalue weighted by atomic mass is 35.5. The van der Waals surface area contributed by atoms with Gasteiger partial charge in [-0.3, -0.25) is 0 Å². The van der Waals surface area contributed by atoms with Crippen LogP contribution in [0.2, 0.25) is 10.0 Å². The number of halogens is 3. The van der Waals surface area contributed by atoms with Crippen molar-refractivity contribution in [3.05, 3.63) is 57.8 Å². The Bertz CT molecular complexity index is 602. The van der Waals surface area contributed by atoms with E-state index >= 15 is 0 Å². The van der Waals surface area contributed by atoms with Gasteiger partial charge in [0.15, 0.2) is 0 Å². The lowest BCUT2D eigenvalue weighted by Crippen LogP contribution is -2.08. The van der Waals surface area contributed by atoms with Crippen LogP contribution in [0.15, 0.2) is 36.4 Å². The molecule has 0 aliphatic carbocycles. The summed E-state index contributed by atoms with van der Waals surface area (Å²) in [6.45, 7) is 1.96. The van der Waals surface area contributed by atoms with Crippen molar-refractivity contribution in [1.82, 2.24) is 0 Å². The summed E-state index contributed by atoms with van der Waals surface area (Å²) >= 11 is 11.7. The van der Waals surface area contributed by atoms with Crippen molar-refractivity contribution >= 4 is 34.6 Å². The second-order valence-electron chi connectivity index (χ2n) is 4.27. The highest BCUT2D eigenvalue weighted by Crippen LogP contribution is 2.29. The summed E-state index contributed by atoms with van der Waals surface area (Å²) in [6.07, 6.45) is 0. The molecule has 0 amide bonds. The van der Waals surface area contributed by atoms with Gasteiger partial charge in [0, 0.05) is 17.1 Å². The number of nitrogens with two attached hydrogens (primary N) is 1. The molecule has 0 aliphatic rings. The third-order valence-electron chi connectivity index (χ3n) is 2.81. The van der Waals surface area contributed by atoms with E-state index in [9.17, 15) is 4.39 Å². The molecule has 2 aromatic carbocycles. The van der Waals surface area contributed by atoms with Crippen LogP contribution < -0.4 is 11.1 Å². The summed E-state index contributed by atoms with van der Waals surface area (Å²) in [5, 5.41) is 3.89. The average molecular weight is 299 g/mol. The minimum Gasteiger partial charge on any atom is -0.397 e. The van der Waals surface area contributed by atoms with E-state index in [4.69, 9.17) is 28.9 Å². The first-order valence-electron chi connectivity index (χ1n) is 5.74. The van der Waals surface area contributed by atoms with Crippen molar-refractivity contribution in [3.63, 3.8) is 0 Å². The van der Waals surface area contributed by atoms with Crippen molar-refractivity contribution in [2.75, 3.05) is 11.1 Å². The summed E-state index contributed by atoms with van der Waals surface area (Å²) < 4.78 is 13.2. The Morgan fingerprint density at radius 1 is 1.21 bits per heavy atom. The molecule has 2 rings (SSSR count). The van der Waals surface area contributed by atoms with Crippen molar-refractivity contribution in [2.45, 2.75) is 13.0 Å². The zero-order chi connectivity index (χ0) is 14.0. The molecule has 100 valence electrons. The van der Waals surface area contributed by atoms with E-state index in [2.05, 4.69) is 5.32 Å². The van der Waals surface area contributed by atoms with Crippen molar-refractivity contribution in [1.29, 1.82) is 0 Å². The molecule has 0 heterocycles. The smallest absolute Gasteiger partial charge is 0.143 e. The number of hydrogen-bond acceptors (Lipinski definition) is 2. The number of anilines is 2. The quantitative estimate of drug-likeness (QED) is 0.792. The monoisotopic (exact) mass is 298 g/mol. The van der Waals surface area contributed by atoms with Gasteiger partial charge in [-0.2, -0.15) is 0 Å². The third kappa shape index (κ3) is 3.31. The molecule has 2 aromatic rings. The van der Waals surface area contributed by atoms with E-state index in [1.807, 2.05) is 25.1 Å². The molecular formula is C14H13Cl2FN2. The largest absolute Gasteiger partial charge is 0.397 e. The van der Waals surface area contributed by atoms with Crippen molar-refractivity contribution in [2.24, 2.45) is 0 Å². The van der Waals surface area contributed by atoms with Gasteiger partial charge in [0.05, 0.1) is 16.4 Å². The topological polar surface area (TPSA) is 38.0 Å². The Hall–Kier alpha value is -1.45. The molecule has 0 spiro atoms. The number of rotatable bonds is 3. The van der Waals surface area contributed by atoms with E-state index in [-0.39, 0.29) is 11.1 Å². The fraction of sp³-hybridized carbons (Fsp3) is 0.143. The molecule has 19 heavy (non-hydrogen) atoms. The molecule has 0 aromatic heterocycles. The minimum atomic E-state index is -0.528. The van der Waals surface area contributed by atoms with Crippen LogP contribution in [0.5, 0.6) is 0 Å². The predicted molar refractivity (Wildman–Crippen MR) is 79.3 cm³/mol. The summed E-state index contributed by atoms with van der Waals surface area (Å²) in [5.74, 6) is -0.528. The SMILES string of the molecule is CC(Nc1cc(Cl)c(F)cc1N)c1cccc(Cl)c1. The summed E-state index contributed by atoms with van der Waals surface area (Å²) in [6, 6.07) is 10.1. The van der Waals surface area contributed by atoms with Crippen LogP contribution in [0.1, 0.15) is 18.5 Å². The maximum atomic E-state index is 13.2. The molecule has 0 bridgehead atoms. The molecule has 0 radical (unpaired) electrons. The number of nitrogens with one attached hydrogen (secondary N) is 1. The van der Waals surface area contributed by atoms with Gasteiger partial charge in [-0.15, -0.1) is 0 Å². The Morgan fingerprint density at radius 3 is 2.63 bits per heavy atom. The fourth-order valence-electron chi connectivity index (χ4n) is 1.78. The highest BCUT2D eigenvalue weighted by molar-refractivity contribution is 6.31. The number of nitrogen functional groups attached to an aromatic ring is 1. The van der Waals surface area contributed by atoms with Crippen LogP contribution in [0, 0.1) is 5.82 Å². The zero-order valence-electron chi connectivity index (χ0n) is 10.3. The molecule has 0 aliphatic heterocycles. The standard InChI is InChI=1S/C14H13Cl2FN2/c1-8(9-3-2-4-10(15)5-9)19-14-6-11(16)12(17)7-13(14)18/h2-8,19H,18H2,1H3. The first-order chi connectivity index (χ1) is 8.97. The summed E-state index contributed by atoms with van der Waals surface area (Å²) in [5.41, 5.74) is 7.68. The van der Waals surface area contributed by atoms with Gasteiger partial charge < -0.3 is 11.1 Å². The Balaban J connectivity index is 2.24. The van der Waals surface area contributed by atoms with Gasteiger partial charge in [-0.1, -0.05) is 35.3 Å². The second kappa shape index (κ2) is 5.68. The van der Waals surface area contributed by atoms with Crippen LogP contribution in [-0.2, 0) is 0 Å². The van der Waals surface area contributed by atoms with Crippen LogP contribution in [0.4, 0.5) is 15.8 Å². The predicted octanol–water partition coefficient (Wildman–Crippen LogP) is 4.89. The molecule has 1 atom stereocenters. The zero-order valence-corrected chi connectivity index (χ0v) is 11.8. The maximum Gasteiger partial charge on any atom is 0.143 e. The first kappa shape index (κ1) is 14.0. The average Bonchev–Trinajstić information content (AvgIpc) is 2.36. The van der Waals surface area contributed by atoms with Crippen molar-refractivity contribution in [3.8, 4) is 0 Å². The lowest BCUT2D eigenvalue weighted by atomic mass is 10.1. The van der Waals surface area contributed by atoms with Crippen LogP contribution in [-0.4, -0.2) is 0 Å². The van der Waals surface area contributed by atoms with Gasteiger partial charge in [-0.25, -0.2) is 4.39 Å². The normalized spacial score (nSPS) is 12.2. The van der Waals surface area contributed by atoms with E-state index in [1.165, 1.54) is 12.1 Å². The molecule has 0 saturated heterocycles. The Morgan fingerprint density at radius 2 is 1.95 bits per heavy atom. The van der Waals surface area contributed by atoms with Gasteiger partial charge >= 0.3 is 0 Å². The van der Waals surface area contributed by atoms with E-state index in [0.29, 0.717) is 16.4 Å². The lowest BCUT2D eigenvalue weighted by Gasteiger charge is -2.18. The highest BCUT2D eigenvalue weighted by Gasteiger charge is 2.10. The number of benzene rings is 2. The molecule has 0 saturated carbocycles. The van der Waals surface area contributed by atoms with Crippen LogP contribution in [0.3, 0.4) is 0 Å². The second-order valence-corrected chi connectivity index (χ2v) is 5.12. The van der Waals surface area contributed by atoms with E-state index in [0.717, 1.165) is 5.56 Å². The minimum absolute atomic E-state index is 0.0254. The van der Waals surface area contributed by atoms with Gasteiger partial charge in [0.25, 0.3) is 0 Å². The van der Waals surface area contributed by atoms with Crippen LogP contribution in [0.25, 0.3) is 0 Å². The maximum absolute atomic E-state index is 13.2. The molecule has 5 heteroatoms. The van der Waals surface area contributed by atoms with E-state index < -0.39 is 5.82 Å². The summed E-state index contributed by atoms with van der Waals surface area (Å²) in [7, 11) is 0. The molecule has 1 unspecified atom stereocenters. The third-order valence-corrected chi connectivity index (χ3v) is 3.34. The molecule has 3 N–H and O–H groups in total. The Labute approximate surface area is 121 Å². The molecule has 0 fully saturated rings. The first-order valence-corrected chi connectivity index (χ1v) is 6.49. The summed E-state index contributed by atoms with van der Waals surface area (Å²) in [4.78, 5) is 0. The van der Waals surface area contributed by atoms with Gasteiger partial charge in [0.1, 0.15) is 5.82 Å². The fourth-order valence-corrected chi connectivity index (χ4v) is 2.14.